The lowest BCUT2D eigenvalue weighted by Gasteiger charge is -2.06. The van der Waals surface area contributed by atoms with Crippen molar-refractivity contribution in [2.45, 2.75) is 26.1 Å². The molecule has 0 aliphatic rings. The Hall–Kier alpha value is -0.480. The molecular weight excluding hydrogens is 175 g/mol. The van der Waals surface area contributed by atoms with Gasteiger partial charge < -0.3 is 5.32 Å². The fraction of sp³-hybridized carbons (Fsp3) is 0.625. The molecule has 4 heteroatoms. The van der Waals surface area contributed by atoms with Crippen LogP contribution in [-0.2, 0) is 13.1 Å². The highest BCUT2D eigenvalue weighted by atomic mass is 32.1. The molecule has 0 saturated heterocycles. The van der Waals surface area contributed by atoms with Gasteiger partial charge >= 0.3 is 0 Å². The first-order valence-corrected chi connectivity index (χ1v) is 4.80. The molecule has 0 radical (unpaired) electrons. The molecule has 1 N–H and O–H groups in total. The lowest BCUT2D eigenvalue weighted by molar-refractivity contribution is 0.482. The number of halogens is 1. The Labute approximate surface area is 75.8 Å². The van der Waals surface area contributed by atoms with E-state index in [1.807, 2.05) is 12.4 Å². The highest BCUT2D eigenvalue weighted by Crippen LogP contribution is 2.12. The summed E-state index contributed by atoms with van der Waals surface area (Å²) in [6.07, 6.45) is 0.868. The molecule has 1 atom stereocenters. The quantitative estimate of drug-likeness (QED) is 0.779. The van der Waals surface area contributed by atoms with Gasteiger partial charge in [0.1, 0.15) is 11.7 Å². The van der Waals surface area contributed by atoms with E-state index in [1.54, 1.807) is 0 Å². The third kappa shape index (κ3) is 2.53. The van der Waals surface area contributed by atoms with E-state index in [0.29, 0.717) is 11.0 Å². The number of alkyl halides is 1. The van der Waals surface area contributed by atoms with Crippen molar-refractivity contribution in [2.24, 2.45) is 0 Å². The maximum atomic E-state index is 12.1. The molecule has 12 heavy (non-hydrogen) atoms. The van der Waals surface area contributed by atoms with E-state index < -0.39 is 6.67 Å². The number of thiazole rings is 1. The summed E-state index contributed by atoms with van der Waals surface area (Å²) in [6.45, 7) is 1.63. The minimum atomic E-state index is -0.446. The maximum absolute atomic E-state index is 12.1. The summed E-state index contributed by atoms with van der Waals surface area (Å²) in [5, 5.41) is 5.61. The second-order valence-electron chi connectivity index (χ2n) is 2.76. The topological polar surface area (TPSA) is 24.9 Å². The van der Waals surface area contributed by atoms with Gasteiger partial charge in [0.2, 0.25) is 0 Å². The third-order valence-corrected chi connectivity index (χ3v) is 2.58. The van der Waals surface area contributed by atoms with Crippen LogP contribution in [0.5, 0.6) is 0 Å². The summed E-state index contributed by atoms with van der Waals surface area (Å²) < 4.78 is 12.1. The van der Waals surface area contributed by atoms with Crippen molar-refractivity contribution in [3.8, 4) is 0 Å². The number of hydrogen-bond acceptors (Lipinski definition) is 3. The summed E-state index contributed by atoms with van der Waals surface area (Å²) in [5.74, 6) is 0. The van der Waals surface area contributed by atoms with Crippen LogP contribution in [0.1, 0.15) is 17.6 Å². The zero-order chi connectivity index (χ0) is 8.97. The van der Waals surface area contributed by atoms with E-state index in [9.17, 15) is 4.39 Å². The van der Waals surface area contributed by atoms with Gasteiger partial charge in [0.25, 0.3) is 0 Å². The van der Waals surface area contributed by atoms with E-state index >= 15 is 0 Å². The largest absolute Gasteiger partial charge is 0.317 e. The smallest absolute Gasteiger partial charge is 0.141 e. The van der Waals surface area contributed by atoms with Gasteiger partial charge in [0.15, 0.2) is 0 Å². The van der Waals surface area contributed by atoms with Gasteiger partial charge in [0.05, 0.1) is 5.69 Å². The molecular formula is C8H13FN2S. The van der Waals surface area contributed by atoms with E-state index in [0.717, 1.165) is 12.1 Å². The first-order chi connectivity index (χ1) is 5.76. The van der Waals surface area contributed by atoms with Crippen molar-refractivity contribution in [1.29, 1.82) is 0 Å². The Morgan fingerprint density at radius 3 is 3.00 bits per heavy atom. The average molecular weight is 188 g/mol. The molecule has 0 saturated carbocycles. The average Bonchev–Trinajstić information content (AvgIpc) is 2.52. The van der Waals surface area contributed by atoms with E-state index in [-0.39, 0.29) is 0 Å². The molecule has 0 aliphatic carbocycles. The first-order valence-electron chi connectivity index (χ1n) is 3.92. The zero-order valence-electron chi connectivity index (χ0n) is 7.30. The Morgan fingerprint density at radius 2 is 2.50 bits per heavy atom. The third-order valence-electron chi connectivity index (χ3n) is 1.72. The molecule has 1 aromatic rings. The van der Waals surface area contributed by atoms with Crippen molar-refractivity contribution >= 4 is 11.3 Å². The predicted molar refractivity (Wildman–Crippen MR) is 49.2 cm³/mol. The molecule has 1 rings (SSSR count). The fourth-order valence-electron chi connectivity index (χ4n) is 0.920. The van der Waals surface area contributed by atoms with Gasteiger partial charge in [-0.2, -0.15) is 0 Å². The van der Waals surface area contributed by atoms with Gasteiger partial charge in [-0.1, -0.05) is 0 Å². The summed E-state index contributed by atoms with van der Waals surface area (Å²) >= 11 is 1.39. The van der Waals surface area contributed by atoms with Crippen LogP contribution < -0.4 is 5.32 Å². The number of hydrogen-bond donors (Lipinski definition) is 1. The van der Waals surface area contributed by atoms with Gasteiger partial charge in [0, 0.05) is 17.8 Å². The zero-order valence-corrected chi connectivity index (χ0v) is 8.12. The van der Waals surface area contributed by atoms with Gasteiger partial charge in [-0.05, 0) is 14.0 Å². The predicted octanol–water partition coefficient (Wildman–Crippen LogP) is 1.76. The Bertz CT molecular complexity index is 237. The number of rotatable bonds is 4. The molecule has 0 aromatic carbocycles. The summed E-state index contributed by atoms with van der Waals surface area (Å²) in [7, 11) is 1.91. The number of nitrogens with zero attached hydrogens (tertiary/aromatic N) is 1. The van der Waals surface area contributed by atoms with E-state index in [1.165, 1.54) is 11.3 Å². The second-order valence-corrected chi connectivity index (χ2v) is 3.70. The number of likely N-dealkylation sites (N-methyl/N-ethyl adjacent to an activating group) is 1. The lowest BCUT2D eigenvalue weighted by atomic mass is 10.2. The summed E-state index contributed by atoms with van der Waals surface area (Å²) in [4.78, 5) is 4.12. The molecule has 68 valence electrons. The summed E-state index contributed by atoms with van der Waals surface area (Å²) in [5.41, 5.74) is 0.981. The first kappa shape index (κ1) is 9.61. The van der Waals surface area contributed by atoms with Crippen molar-refractivity contribution in [3.63, 3.8) is 0 Å². The maximum Gasteiger partial charge on any atom is 0.141 e. The van der Waals surface area contributed by atoms with Gasteiger partial charge in [-0.3, -0.25) is 0 Å². The molecule has 0 spiro atoms. The second kappa shape index (κ2) is 4.52. The Kier molecular flexibility index (Phi) is 3.62. The van der Waals surface area contributed by atoms with Crippen LogP contribution in [0.25, 0.3) is 0 Å². The number of nitrogens with one attached hydrogen (secondary N) is 1. The molecule has 1 unspecified atom stereocenters. The van der Waals surface area contributed by atoms with Crippen LogP contribution in [0.4, 0.5) is 4.39 Å². The van der Waals surface area contributed by atoms with Crippen LogP contribution in [-0.4, -0.2) is 18.1 Å². The van der Waals surface area contributed by atoms with Gasteiger partial charge in [-0.15, -0.1) is 11.3 Å². The highest BCUT2D eigenvalue weighted by molar-refractivity contribution is 7.09. The Morgan fingerprint density at radius 1 is 1.75 bits per heavy atom. The van der Waals surface area contributed by atoms with Gasteiger partial charge in [-0.25, -0.2) is 9.37 Å². The van der Waals surface area contributed by atoms with Crippen LogP contribution in [0.15, 0.2) is 5.38 Å². The standard InChI is InChI=1S/C8H13FN2S/c1-6(10-2)3-7-5-12-8(4-9)11-7/h5-6,10H,3-4H2,1-2H3. The van der Waals surface area contributed by atoms with Crippen molar-refractivity contribution < 1.29 is 4.39 Å². The Balaban J connectivity index is 2.52. The van der Waals surface area contributed by atoms with Crippen LogP contribution in [0.2, 0.25) is 0 Å². The fourth-order valence-corrected chi connectivity index (χ4v) is 1.57. The van der Waals surface area contributed by atoms with E-state index in [4.69, 9.17) is 0 Å². The minimum absolute atomic E-state index is 0.402. The molecule has 0 fully saturated rings. The minimum Gasteiger partial charge on any atom is -0.317 e. The van der Waals surface area contributed by atoms with Crippen molar-refractivity contribution in [3.05, 3.63) is 16.1 Å². The molecule has 1 aromatic heterocycles. The van der Waals surface area contributed by atoms with Crippen LogP contribution >= 0.6 is 11.3 Å². The van der Waals surface area contributed by atoms with Crippen molar-refractivity contribution in [2.75, 3.05) is 7.05 Å². The monoisotopic (exact) mass is 188 g/mol. The SMILES string of the molecule is CNC(C)Cc1csc(CF)n1. The van der Waals surface area contributed by atoms with Crippen molar-refractivity contribution in [1.82, 2.24) is 10.3 Å². The van der Waals surface area contributed by atoms with E-state index in [2.05, 4.69) is 17.2 Å². The lowest BCUT2D eigenvalue weighted by Crippen LogP contribution is -2.23. The van der Waals surface area contributed by atoms with Crippen LogP contribution in [0, 0.1) is 0 Å². The molecule has 0 bridgehead atoms. The molecule has 0 aliphatic heterocycles. The molecule has 2 nitrogen and oxygen atoms in total. The molecule has 1 heterocycles. The normalized spacial score (nSPS) is 13.2. The van der Waals surface area contributed by atoms with Crippen LogP contribution in [0.3, 0.4) is 0 Å². The highest BCUT2D eigenvalue weighted by Gasteiger charge is 2.04. The number of aromatic nitrogens is 1. The summed E-state index contributed by atoms with van der Waals surface area (Å²) in [6, 6.07) is 0.402. The molecule has 0 amide bonds.